The molecule has 1 fully saturated rings. The van der Waals surface area contributed by atoms with Gasteiger partial charge in [-0.1, -0.05) is 23.7 Å². The van der Waals surface area contributed by atoms with Crippen molar-refractivity contribution in [3.8, 4) is 5.75 Å². The molecule has 2 aromatic carbocycles. The zero-order chi connectivity index (χ0) is 17.8. The van der Waals surface area contributed by atoms with Crippen LogP contribution >= 0.6 is 34.2 Å². The van der Waals surface area contributed by atoms with E-state index in [4.69, 9.17) is 21.1 Å². The lowest BCUT2D eigenvalue weighted by molar-refractivity contribution is -0.0306. The van der Waals surface area contributed by atoms with Gasteiger partial charge < -0.3 is 9.47 Å². The van der Waals surface area contributed by atoms with Gasteiger partial charge >= 0.3 is 0 Å². The van der Waals surface area contributed by atoms with Crippen molar-refractivity contribution in [3.05, 3.63) is 61.7 Å². The Balaban J connectivity index is 1.63. The summed E-state index contributed by atoms with van der Waals surface area (Å²) >= 11 is 8.52. The Morgan fingerprint density at radius 1 is 1.28 bits per heavy atom. The molecule has 1 heterocycles. The smallest absolute Gasteiger partial charge is 0.118 e. The minimum absolute atomic E-state index is 0.223. The summed E-state index contributed by atoms with van der Waals surface area (Å²) in [7, 11) is 1.70. The number of nitrogens with zero attached hydrogens (tertiary/aromatic N) is 1. The van der Waals surface area contributed by atoms with Crippen LogP contribution in [0, 0.1) is 10.5 Å². The topological polar surface area (TPSA) is 21.7 Å². The van der Waals surface area contributed by atoms with Gasteiger partial charge in [0.2, 0.25) is 0 Å². The maximum absolute atomic E-state index is 6.15. The van der Waals surface area contributed by atoms with Crippen LogP contribution in [0.1, 0.15) is 16.7 Å². The van der Waals surface area contributed by atoms with Gasteiger partial charge in [-0.2, -0.15) is 0 Å². The first-order valence-corrected chi connectivity index (χ1v) is 9.92. The Hall–Kier alpha value is -0.820. The number of morpholine rings is 1. The second-order valence-corrected chi connectivity index (χ2v) is 8.06. The summed E-state index contributed by atoms with van der Waals surface area (Å²) in [5, 5.41) is 0.802. The summed E-state index contributed by atoms with van der Waals surface area (Å²) in [4.78, 5) is 2.47. The zero-order valence-corrected chi connectivity index (χ0v) is 17.5. The van der Waals surface area contributed by atoms with Crippen LogP contribution in [0.4, 0.5) is 0 Å². The Kier molecular flexibility index (Phi) is 6.61. The van der Waals surface area contributed by atoms with Crippen molar-refractivity contribution < 1.29 is 9.47 Å². The van der Waals surface area contributed by atoms with Gasteiger partial charge in [-0.25, -0.2) is 0 Å². The number of halogens is 2. The fraction of sp³-hybridized carbons (Fsp3) is 0.400. The molecule has 2 aromatic rings. The van der Waals surface area contributed by atoms with Crippen LogP contribution in [0.25, 0.3) is 0 Å². The second-order valence-electron chi connectivity index (χ2n) is 6.46. The number of hydrogen-bond acceptors (Lipinski definition) is 3. The molecule has 0 radical (unpaired) electrons. The molecule has 25 heavy (non-hydrogen) atoms. The lowest BCUT2D eigenvalue weighted by Gasteiger charge is -2.33. The van der Waals surface area contributed by atoms with E-state index in [0.29, 0.717) is 0 Å². The average Bonchev–Trinajstić information content (AvgIpc) is 2.59. The van der Waals surface area contributed by atoms with Gasteiger partial charge in [-0.05, 0) is 70.5 Å². The first-order chi connectivity index (χ1) is 12.0. The van der Waals surface area contributed by atoms with E-state index in [1.54, 1.807) is 7.11 Å². The van der Waals surface area contributed by atoms with Crippen LogP contribution in [0.15, 0.2) is 36.4 Å². The molecule has 1 unspecified atom stereocenters. The van der Waals surface area contributed by atoms with Crippen LogP contribution in [0.3, 0.4) is 0 Å². The molecule has 1 saturated heterocycles. The lowest BCUT2D eigenvalue weighted by Crippen LogP contribution is -2.43. The largest absolute Gasteiger partial charge is 0.497 e. The molecular formula is C20H23ClINO2. The highest BCUT2D eigenvalue weighted by Gasteiger charge is 2.22. The molecule has 3 nitrogen and oxygen atoms in total. The summed E-state index contributed by atoms with van der Waals surface area (Å²) in [6.45, 7) is 5.77. The summed E-state index contributed by atoms with van der Waals surface area (Å²) in [6.07, 6.45) is 1.15. The van der Waals surface area contributed by atoms with E-state index < -0.39 is 0 Å². The van der Waals surface area contributed by atoms with Crippen molar-refractivity contribution in [1.82, 2.24) is 4.90 Å². The standard InChI is InChI=1S/C20H23ClINO2/c1-14-9-16(21)10-20(22)19(14)11-18-13-23(7-8-25-18)12-15-3-5-17(24-2)6-4-15/h3-6,9-10,18H,7-8,11-13H2,1-2H3. The zero-order valence-electron chi connectivity index (χ0n) is 14.6. The van der Waals surface area contributed by atoms with Crippen LogP contribution in [-0.2, 0) is 17.7 Å². The summed E-state index contributed by atoms with van der Waals surface area (Å²) in [5.74, 6) is 0.899. The Morgan fingerprint density at radius 2 is 2.04 bits per heavy atom. The van der Waals surface area contributed by atoms with Crippen LogP contribution < -0.4 is 4.74 Å². The van der Waals surface area contributed by atoms with Crippen molar-refractivity contribution >= 4 is 34.2 Å². The predicted octanol–water partition coefficient (Wildman–Crippen LogP) is 4.71. The van der Waals surface area contributed by atoms with E-state index in [-0.39, 0.29) is 6.10 Å². The summed E-state index contributed by atoms with van der Waals surface area (Å²) in [6, 6.07) is 12.4. The molecule has 134 valence electrons. The second kappa shape index (κ2) is 8.71. The van der Waals surface area contributed by atoms with E-state index in [2.05, 4.69) is 46.5 Å². The fourth-order valence-electron chi connectivity index (χ4n) is 3.25. The van der Waals surface area contributed by atoms with Gasteiger partial charge in [0.05, 0.1) is 19.8 Å². The minimum Gasteiger partial charge on any atom is -0.497 e. The Morgan fingerprint density at radius 3 is 2.72 bits per heavy atom. The van der Waals surface area contributed by atoms with E-state index in [1.165, 1.54) is 20.3 Å². The monoisotopic (exact) mass is 471 g/mol. The van der Waals surface area contributed by atoms with E-state index in [9.17, 15) is 0 Å². The molecule has 0 N–H and O–H groups in total. The van der Waals surface area contributed by atoms with E-state index >= 15 is 0 Å². The Labute approximate surface area is 168 Å². The molecule has 0 saturated carbocycles. The van der Waals surface area contributed by atoms with Crippen molar-refractivity contribution in [1.29, 1.82) is 0 Å². The number of benzene rings is 2. The summed E-state index contributed by atoms with van der Waals surface area (Å²) in [5.41, 5.74) is 3.90. The van der Waals surface area contributed by atoms with E-state index in [1.807, 2.05) is 24.3 Å². The molecule has 0 bridgehead atoms. The SMILES string of the molecule is COc1ccc(CN2CCOC(Cc3c(C)cc(Cl)cc3I)C2)cc1. The van der Waals surface area contributed by atoms with Gasteiger partial charge in [0.25, 0.3) is 0 Å². The fourth-order valence-corrected chi connectivity index (χ4v) is 4.69. The highest BCUT2D eigenvalue weighted by molar-refractivity contribution is 14.1. The molecule has 1 aliphatic heterocycles. The number of hydrogen-bond donors (Lipinski definition) is 0. The van der Waals surface area contributed by atoms with Gasteiger partial charge in [0.1, 0.15) is 5.75 Å². The number of methoxy groups -OCH3 is 1. The van der Waals surface area contributed by atoms with Crippen molar-refractivity contribution in [2.45, 2.75) is 26.0 Å². The third kappa shape index (κ3) is 5.09. The maximum atomic E-state index is 6.15. The molecule has 0 amide bonds. The van der Waals surface area contributed by atoms with Crippen molar-refractivity contribution in [3.63, 3.8) is 0 Å². The molecule has 1 aliphatic rings. The predicted molar refractivity (Wildman–Crippen MR) is 111 cm³/mol. The quantitative estimate of drug-likeness (QED) is 0.590. The average molecular weight is 472 g/mol. The minimum atomic E-state index is 0.223. The van der Waals surface area contributed by atoms with Gasteiger partial charge in [-0.15, -0.1) is 0 Å². The van der Waals surface area contributed by atoms with Crippen LogP contribution in [0.2, 0.25) is 5.02 Å². The third-order valence-corrected chi connectivity index (χ3v) is 5.78. The normalized spacial score (nSPS) is 18.3. The molecule has 0 aliphatic carbocycles. The lowest BCUT2D eigenvalue weighted by atomic mass is 10.0. The highest BCUT2D eigenvalue weighted by Crippen LogP contribution is 2.25. The van der Waals surface area contributed by atoms with Crippen LogP contribution in [-0.4, -0.2) is 37.8 Å². The van der Waals surface area contributed by atoms with E-state index in [0.717, 1.165) is 43.4 Å². The first-order valence-electron chi connectivity index (χ1n) is 8.46. The number of aryl methyl sites for hydroxylation is 1. The Bertz CT molecular complexity index is 697. The molecule has 1 atom stereocenters. The van der Waals surface area contributed by atoms with Gasteiger partial charge in [0.15, 0.2) is 0 Å². The molecule has 0 aromatic heterocycles. The molecule has 0 spiro atoms. The molecule has 3 rings (SSSR count). The molecule has 5 heteroatoms. The first kappa shape index (κ1) is 19.0. The maximum Gasteiger partial charge on any atom is 0.118 e. The van der Waals surface area contributed by atoms with Crippen molar-refractivity contribution in [2.75, 3.05) is 26.8 Å². The number of rotatable bonds is 5. The van der Waals surface area contributed by atoms with Crippen molar-refractivity contribution in [2.24, 2.45) is 0 Å². The number of ether oxygens (including phenoxy) is 2. The van der Waals surface area contributed by atoms with Crippen LogP contribution in [0.5, 0.6) is 5.75 Å². The highest BCUT2D eigenvalue weighted by atomic mass is 127. The molecular weight excluding hydrogens is 449 g/mol. The summed E-state index contributed by atoms with van der Waals surface area (Å²) < 4.78 is 12.5. The van der Waals surface area contributed by atoms with Gasteiger partial charge in [0, 0.05) is 34.6 Å². The van der Waals surface area contributed by atoms with Gasteiger partial charge in [-0.3, -0.25) is 4.90 Å². The third-order valence-electron chi connectivity index (χ3n) is 4.60.